The van der Waals surface area contributed by atoms with Crippen LogP contribution in [0.5, 0.6) is 5.88 Å². The van der Waals surface area contributed by atoms with E-state index < -0.39 is 17.3 Å². The predicted molar refractivity (Wildman–Crippen MR) is 120 cm³/mol. The minimum atomic E-state index is -0.662. The van der Waals surface area contributed by atoms with Crippen LogP contribution in [0.4, 0.5) is 0 Å². The van der Waals surface area contributed by atoms with Crippen LogP contribution in [0, 0.1) is 13.8 Å². The van der Waals surface area contributed by atoms with Gasteiger partial charge in [0.15, 0.2) is 0 Å². The third kappa shape index (κ3) is 2.92. The molecule has 0 saturated heterocycles. The number of likely N-dealkylation sites (N-methyl/N-ethyl adjacent to an activating group) is 1. The van der Waals surface area contributed by atoms with E-state index in [1.54, 1.807) is 6.07 Å². The number of rotatable bonds is 2. The summed E-state index contributed by atoms with van der Waals surface area (Å²) in [5.41, 5.74) is 4.51. The number of H-pyrrole nitrogens is 2. The average Bonchev–Trinajstić information content (AvgIpc) is 3.10. The first-order valence-electron chi connectivity index (χ1n) is 10.3. The molecule has 0 aliphatic carbocycles. The number of aryl methyl sites for hydroxylation is 2. The number of nitrogens with one attached hydrogen (secondary N) is 2. The molecule has 1 atom stereocenters. The van der Waals surface area contributed by atoms with Crippen LogP contribution in [0.2, 0.25) is 0 Å². The molecule has 0 spiro atoms. The lowest BCUT2D eigenvalue weighted by Gasteiger charge is -2.33. The van der Waals surface area contributed by atoms with Crippen LogP contribution in [0.15, 0.2) is 52.1 Å². The Kier molecular flexibility index (Phi) is 4.37. The summed E-state index contributed by atoms with van der Waals surface area (Å²) in [5.74, 6) is -0.333. The number of aromatic hydroxyl groups is 1. The molecule has 0 fully saturated rings. The second-order valence-electron chi connectivity index (χ2n) is 8.30. The number of fused-ring (bicyclic) bond motifs is 3. The second kappa shape index (κ2) is 6.99. The van der Waals surface area contributed by atoms with E-state index in [9.17, 15) is 14.7 Å². The van der Waals surface area contributed by atoms with E-state index in [2.05, 4.69) is 16.0 Å². The quantitative estimate of drug-likeness (QED) is 0.468. The zero-order chi connectivity index (χ0) is 21.9. The van der Waals surface area contributed by atoms with Gasteiger partial charge in [0.25, 0.3) is 5.56 Å². The largest absolute Gasteiger partial charge is 0.494 e. The Morgan fingerprint density at radius 2 is 1.81 bits per heavy atom. The number of hydrogen-bond acceptors (Lipinski definition) is 4. The minimum absolute atomic E-state index is 0.160. The number of para-hydroxylation sites is 1. The molecule has 0 amide bonds. The van der Waals surface area contributed by atoms with Gasteiger partial charge >= 0.3 is 5.69 Å². The third-order valence-electron chi connectivity index (χ3n) is 6.42. The van der Waals surface area contributed by atoms with Gasteiger partial charge in [-0.05, 0) is 62.2 Å². The first kappa shape index (κ1) is 19.4. The van der Waals surface area contributed by atoms with Crippen molar-refractivity contribution in [1.29, 1.82) is 0 Å². The molecule has 3 N–H and O–H groups in total. The molecular formula is C24H24N4O3. The fourth-order valence-electron chi connectivity index (χ4n) is 4.62. The van der Waals surface area contributed by atoms with Gasteiger partial charge in [-0.1, -0.05) is 24.3 Å². The first-order chi connectivity index (χ1) is 14.9. The van der Waals surface area contributed by atoms with Gasteiger partial charge < -0.3 is 10.1 Å². The summed E-state index contributed by atoms with van der Waals surface area (Å²) >= 11 is 0. The molecule has 0 saturated carbocycles. The molecule has 2 aromatic carbocycles. The number of aromatic nitrogens is 3. The van der Waals surface area contributed by atoms with Crippen LogP contribution < -0.4 is 11.2 Å². The summed E-state index contributed by atoms with van der Waals surface area (Å²) in [5, 5.41) is 12.4. The van der Waals surface area contributed by atoms with Crippen LogP contribution in [0.1, 0.15) is 34.0 Å². The van der Waals surface area contributed by atoms with E-state index in [1.165, 1.54) is 4.57 Å². The van der Waals surface area contributed by atoms with Gasteiger partial charge in [-0.25, -0.2) is 9.36 Å². The van der Waals surface area contributed by atoms with Crippen molar-refractivity contribution in [1.82, 2.24) is 19.4 Å². The highest BCUT2D eigenvalue weighted by molar-refractivity contribution is 5.85. The maximum Gasteiger partial charge on any atom is 0.335 e. The summed E-state index contributed by atoms with van der Waals surface area (Å²) < 4.78 is 1.17. The summed E-state index contributed by atoms with van der Waals surface area (Å²) in [6, 6.07) is 13.0. The number of hydrogen-bond donors (Lipinski definition) is 3. The van der Waals surface area contributed by atoms with E-state index in [0.717, 1.165) is 46.3 Å². The lowest BCUT2D eigenvalue weighted by atomic mass is 9.93. The topological polar surface area (TPSA) is 94.1 Å². The Labute approximate surface area is 178 Å². The van der Waals surface area contributed by atoms with Crippen LogP contribution in [-0.4, -0.2) is 38.1 Å². The Morgan fingerprint density at radius 3 is 2.58 bits per heavy atom. The van der Waals surface area contributed by atoms with Gasteiger partial charge in [0.05, 0.1) is 11.7 Å². The number of aromatic amines is 2. The molecule has 7 heteroatoms. The van der Waals surface area contributed by atoms with Crippen molar-refractivity contribution in [2.45, 2.75) is 26.3 Å². The molecule has 158 valence electrons. The standard InChI is InChI=1S/C24H24N4O3/c1-13-8-9-15(12-14(13)2)28-23(30)19(22(29)26-24(28)31)21-20-17(10-11-27(21)3)16-6-4-5-7-18(16)25-20/h4-9,12,21,25,30H,10-11H2,1-3H3,(H,26,29,31). The zero-order valence-corrected chi connectivity index (χ0v) is 17.7. The Bertz CT molecular complexity index is 1440. The monoisotopic (exact) mass is 416 g/mol. The van der Waals surface area contributed by atoms with Crippen molar-refractivity contribution < 1.29 is 5.11 Å². The van der Waals surface area contributed by atoms with Crippen molar-refractivity contribution in [2.24, 2.45) is 0 Å². The van der Waals surface area contributed by atoms with E-state index in [-0.39, 0.29) is 11.4 Å². The molecule has 5 rings (SSSR count). The highest BCUT2D eigenvalue weighted by Crippen LogP contribution is 2.39. The molecule has 0 bridgehead atoms. The van der Waals surface area contributed by atoms with Crippen molar-refractivity contribution in [3.05, 3.63) is 91.3 Å². The lowest BCUT2D eigenvalue weighted by Crippen LogP contribution is -2.39. The normalized spacial score (nSPS) is 16.5. The van der Waals surface area contributed by atoms with Gasteiger partial charge in [0, 0.05) is 23.1 Å². The fourth-order valence-corrected chi connectivity index (χ4v) is 4.62. The summed E-state index contributed by atoms with van der Waals surface area (Å²) in [6.07, 6.45) is 0.835. The average molecular weight is 416 g/mol. The number of benzene rings is 2. The van der Waals surface area contributed by atoms with E-state index >= 15 is 0 Å². The lowest BCUT2D eigenvalue weighted by molar-refractivity contribution is 0.252. The van der Waals surface area contributed by atoms with E-state index in [4.69, 9.17) is 0 Å². The molecule has 1 aliphatic rings. The van der Waals surface area contributed by atoms with Gasteiger partial charge in [0.1, 0.15) is 5.56 Å². The van der Waals surface area contributed by atoms with Gasteiger partial charge in [-0.2, -0.15) is 0 Å². The molecule has 1 aliphatic heterocycles. The van der Waals surface area contributed by atoms with Crippen LogP contribution in [0.25, 0.3) is 16.6 Å². The van der Waals surface area contributed by atoms with Crippen LogP contribution >= 0.6 is 0 Å². The van der Waals surface area contributed by atoms with Crippen molar-refractivity contribution >= 4 is 10.9 Å². The zero-order valence-electron chi connectivity index (χ0n) is 17.7. The molecule has 7 nitrogen and oxygen atoms in total. The SMILES string of the molecule is Cc1ccc(-n2c(O)c(C3c4[nH]c5ccccc5c4CCN3C)c(=O)[nH]c2=O)cc1C. The Morgan fingerprint density at radius 1 is 1.03 bits per heavy atom. The summed E-state index contributed by atoms with van der Waals surface area (Å²) in [7, 11) is 1.92. The van der Waals surface area contributed by atoms with E-state index in [0.29, 0.717) is 5.69 Å². The second-order valence-corrected chi connectivity index (χ2v) is 8.30. The van der Waals surface area contributed by atoms with Crippen molar-refractivity contribution in [3.8, 4) is 11.6 Å². The van der Waals surface area contributed by atoms with Crippen LogP contribution in [0.3, 0.4) is 0 Å². The summed E-state index contributed by atoms with van der Waals surface area (Å²) in [6.45, 7) is 4.65. The van der Waals surface area contributed by atoms with Crippen molar-refractivity contribution in [2.75, 3.05) is 13.6 Å². The maximum absolute atomic E-state index is 13.0. The maximum atomic E-state index is 13.0. The Hall–Kier alpha value is -3.58. The molecule has 3 heterocycles. The van der Waals surface area contributed by atoms with Gasteiger partial charge in [-0.15, -0.1) is 0 Å². The molecule has 4 aromatic rings. The highest BCUT2D eigenvalue weighted by Gasteiger charge is 2.34. The summed E-state index contributed by atoms with van der Waals surface area (Å²) in [4.78, 5) is 33.5. The van der Waals surface area contributed by atoms with Gasteiger partial charge in [0.2, 0.25) is 5.88 Å². The number of nitrogens with zero attached hydrogens (tertiary/aromatic N) is 2. The smallest absolute Gasteiger partial charge is 0.335 e. The fraction of sp³-hybridized carbons (Fsp3) is 0.250. The molecule has 31 heavy (non-hydrogen) atoms. The molecule has 0 radical (unpaired) electrons. The molecular weight excluding hydrogens is 392 g/mol. The van der Waals surface area contributed by atoms with Crippen molar-refractivity contribution in [3.63, 3.8) is 0 Å². The molecule has 1 unspecified atom stereocenters. The predicted octanol–water partition coefficient (Wildman–Crippen LogP) is 2.91. The highest BCUT2D eigenvalue weighted by atomic mass is 16.3. The minimum Gasteiger partial charge on any atom is -0.494 e. The van der Waals surface area contributed by atoms with Gasteiger partial charge in [-0.3, -0.25) is 14.7 Å². The Balaban J connectivity index is 1.77. The first-order valence-corrected chi connectivity index (χ1v) is 10.3. The molecule has 2 aromatic heterocycles. The van der Waals surface area contributed by atoms with Crippen LogP contribution in [-0.2, 0) is 6.42 Å². The van der Waals surface area contributed by atoms with E-state index in [1.807, 2.05) is 56.1 Å². The third-order valence-corrected chi connectivity index (χ3v) is 6.42.